The fourth-order valence-electron chi connectivity index (χ4n) is 2.44. The van der Waals surface area contributed by atoms with E-state index in [4.69, 9.17) is 13.9 Å². The van der Waals surface area contributed by atoms with Crippen LogP contribution in [0.2, 0.25) is 0 Å². The molecule has 3 aromatic rings. The van der Waals surface area contributed by atoms with Gasteiger partial charge in [-0.15, -0.1) is 0 Å². The Labute approximate surface area is 132 Å². The van der Waals surface area contributed by atoms with Crippen molar-refractivity contribution in [3.8, 4) is 17.2 Å². The second-order valence-electron chi connectivity index (χ2n) is 5.12. The van der Waals surface area contributed by atoms with Crippen LogP contribution >= 0.6 is 0 Å². The van der Waals surface area contributed by atoms with E-state index in [2.05, 4.69) is 0 Å². The van der Waals surface area contributed by atoms with Gasteiger partial charge in [0.15, 0.2) is 11.6 Å². The molecule has 0 saturated carbocycles. The van der Waals surface area contributed by atoms with Crippen LogP contribution in [-0.4, -0.2) is 7.11 Å². The first kappa shape index (κ1) is 15.1. The molecule has 0 bridgehead atoms. The first-order chi connectivity index (χ1) is 11.0. The first-order valence-corrected chi connectivity index (χ1v) is 7.06. The molecular weight excluding hydrogens is 299 g/mol. The fourth-order valence-corrected chi connectivity index (χ4v) is 2.44. The maximum atomic E-state index is 13.7. The minimum Gasteiger partial charge on any atom is -0.496 e. The molecule has 1 aromatic heterocycles. The van der Waals surface area contributed by atoms with Crippen LogP contribution in [0, 0.1) is 19.7 Å². The van der Waals surface area contributed by atoms with E-state index in [1.165, 1.54) is 12.1 Å². The summed E-state index contributed by atoms with van der Waals surface area (Å²) in [6.45, 7) is 3.41. The van der Waals surface area contributed by atoms with Gasteiger partial charge in [-0.3, -0.25) is 4.79 Å². The van der Waals surface area contributed by atoms with E-state index in [-0.39, 0.29) is 22.7 Å². The number of para-hydroxylation sites is 1. The molecule has 0 unspecified atom stereocenters. The molecule has 0 amide bonds. The number of hydrogen-bond acceptors (Lipinski definition) is 4. The Hall–Kier alpha value is -2.82. The molecule has 1 heterocycles. The third-order valence-corrected chi connectivity index (χ3v) is 3.65. The molecule has 118 valence electrons. The highest BCUT2D eigenvalue weighted by Crippen LogP contribution is 2.31. The van der Waals surface area contributed by atoms with Gasteiger partial charge in [0.2, 0.25) is 11.2 Å². The first-order valence-electron chi connectivity index (χ1n) is 7.06. The Kier molecular flexibility index (Phi) is 3.78. The standard InChI is InChI=1S/C18H15FO4/c1-10-14(21-3)9-8-12-16(20)18(11(2)22-17(10)12)23-15-7-5-4-6-13(15)19/h4-9H,1-3H3. The van der Waals surface area contributed by atoms with Gasteiger partial charge < -0.3 is 13.9 Å². The molecular formula is C18H15FO4. The Bertz CT molecular complexity index is 944. The number of ether oxygens (including phenoxy) is 2. The SMILES string of the molecule is COc1ccc2c(=O)c(Oc3ccccc3F)c(C)oc2c1C. The van der Waals surface area contributed by atoms with E-state index < -0.39 is 5.82 Å². The summed E-state index contributed by atoms with van der Waals surface area (Å²) >= 11 is 0. The fraction of sp³-hybridized carbons (Fsp3) is 0.167. The second-order valence-corrected chi connectivity index (χ2v) is 5.12. The lowest BCUT2D eigenvalue weighted by atomic mass is 10.1. The predicted molar refractivity (Wildman–Crippen MR) is 85.0 cm³/mol. The lowest BCUT2D eigenvalue weighted by Gasteiger charge is -2.11. The minimum atomic E-state index is -0.544. The number of hydrogen-bond donors (Lipinski definition) is 0. The van der Waals surface area contributed by atoms with Gasteiger partial charge in [0, 0.05) is 5.56 Å². The number of halogens is 1. The van der Waals surface area contributed by atoms with Crippen LogP contribution in [0.5, 0.6) is 17.2 Å². The molecule has 0 saturated heterocycles. The van der Waals surface area contributed by atoms with Crippen molar-refractivity contribution in [3.05, 3.63) is 63.8 Å². The summed E-state index contributed by atoms with van der Waals surface area (Å²) in [5, 5.41) is 0.361. The van der Waals surface area contributed by atoms with Gasteiger partial charge >= 0.3 is 0 Å². The smallest absolute Gasteiger partial charge is 0.235 e. The van der Waals surface area contributed by atoms with Gasteiger partial charge in [-0.2, -0.15) is 0 Å². The lowest BCUT2D eigenvalue weighted by Crippen LogP contribution is -2.08. The molecule has 0 aliphatic heterocycles. The molecule has 0 aliphatic carbocycles. The van der Waals surface area contributed by atoms with E-state index in [1.54, 1.807) is 45.2 Å². The zero-order valence-corrected chi connectivity index (χ0v) is 13.0. The maximum Gasteiger partial charge on any atom is 0.235 e. The monoisotopic (exact) mass is 314 g/mol. The van der Waals surface area contributed by atoms with Crippen LogP contribution in [0.3, 0.4) is 0 Å². The summed E-state index contributed by atoms with van der Waals surface area (Å²) in [6.07, 6.45) is 0. The Morgan fingerprint density at radius 2 is 1.78 bits per heavy atom. The van der Waals surface area contributed by atoms with Crippen LogP contribution < -0.4 is 14.9 Å². The molecule has 2 aromatic carbocycles. The molecule has 0 spiro atoms. The lowest BCUT2D eigenvalue weighted by molar-refractivity contribution is 0.404. The van der Waals surface area contributed by atoms with E-state index in [9.17, 15) is 9.18 Å². The molecule has 5 heteroatoms. The van der Waals surface area contributed by atoms with Crippen LogP contribution in [0.25, 0.3) is 11.0 Å². The molecule has 0 radical (unpaired) electrons. The maximum absolute atomic E-state index is 13.7. The van der Waals surface area contributed by atoms with E-state index >= 15 is 0 Å². The van der Waals surface area contributed by atoms with Crippen molar-refractivity contribution in [3.63, 3.8) is 0 Å². The van der Waals surface area contributed by atoms with Crippen LogP contribution in [0.1, 0.15) is 11.3 Å². The third-order valence-electron chi connectivity index (χ3n) is 3.65. The van der Waals surface area contributed by atoms with E-state index in [1.807, 2.05) is 0 Å². The number of rotatable bonds is 3. The minimum absolute atomic E-state index is 0.0208. The summed E-state index contributed by atoms with van der Waals surface area (Å²) in [4.78, 5) is 12.7. The highest BCUT2D eigenvalue weighted by atomic mass is 19.1. The molecule has 0 fully saturated rings. The van der Waals surface area contributed by atoms with Gasteiger partial charge in [-0.05, 0) is 38.1 Å². The highest BCUT2D eigenvalue weighted by molar-refractivity contribution is 5.83. The van der Waals surface area contributed by atoms with Crippen molar-refractivity contribution in [1.82, 2.24) is 0 Å². The number of aryl methyl sites for hydroxylation is 2. The van der Waals surface area contributed by atoms with E-state index in [0.29, 0.717) is 16.7 Å². The van der Waals surface area contributed by atoms with Crippen LogP contribution in [0.15, 0.2) is 45.6 Å². The quantitative estimate of drug-likeness (QED) is 0.721. The Morgan fingerprint density at radius 1 is 1.04 bits per heavy atom. The molecule has 0 atom stereocenters. The summed E-state index contributed by atoms with van der Waals surface area (Å²) in [5.41, 5.74) is 0.813. The number of fused-ring (bicyclic) bond motifs is 1. The summed E-state index contributed by atoms with van der Waals surface area (Å²) in [5.74, 6) is 0.321. The second kappa shape index (κ2) is 5.76. The van der Waals surface area contributed by atoms with Crippen molar-refractivity contribution < 1.29 is 18.3 Å². The largest absolute Gasteiger partial charge is 0.496 e. The molecule has 3 rings (SSSR count). The van der Waals surface area contributed by atoms with Gasteiger partial charge in [0.05, 0.1) is 12.5 Å². The molecule has 0 aliphatic rings. The van der Waals surface area contributed by atoms with Crippen molar-refractivity contribution in [2.24, 2.45) is 0 Å². The average Bonchev–Trinajstić information content (AvgIpc) is 2.54. The highest BCUT2D eigenvalue weighted by Gasteiger charge is 2.17. The zero-order valence-electron chi connectivity index (χ0n) is 13.0. The van der Waals surface area contributed by atoms with Crippen molar-refractivity contribution in [2.75, 3.05) is 7.11 Å². The Morgan fingerprint density at radius 3 is 2.48 bits per heavy atom. The van der Waals surface area contributed by atoms with Gasteiger partial charge in [-0.1, -0.05) is 12.1 Å². The van der Waals surface area contributed by atoms with Crippen molar-refractivity contribution >= 4 is 11.0 Å². The molecule has 0 N–H and O–H groups in total. The average molecular weight is 314 g/mol. The number of methoxy groups -OCH3 is 1. The summed E-state index contributed by atoms with van der Waals surface area (Å²) in [7, 11) is 1.55. The van der Waals surface area contributed by atoms with Crippen molar-refractivity contribution in [1.29, 1.82) is 0 Å². The predicted octanol–water partition coefficient (Wildman–Crippen LogP) is 4.35. The molecule has 23 heavy (non-hydrogen) atoms. The summed E-state index contributed by atoms with van der Waals surface area (Å²) < 4.78 is 30.2. The molecule has 4 nitrogen and oxygen atoms in total. The van der Waals surface area contributed by atoms with Gasteiger partial charge in [-0.25, -0.2) is 4.39 Å². The zero-order chi connectivity index (χ0) is 16.6. The van der Waals surface area contributed by atoms with Gasteiger partial charge in [0.25, 0.3) is 0 Å². The van der Waals surface area contributed by atoms with Crippen molar-refractivity contribution in [2.45, 2.75) is 13.8 Å². The topological polar surface area (TPSA) is 48.7 Å². The third kappa shape index (κ3) is 2.54. The van der Waals surface area contributed by atoms with Gasteiger partial charge in [0.1, 0.15) is 17.1 Å². The van der Waals surface area contributed by atoms with Crippen LogP contribution in [0.4, 0.5) is 4.39 Å². The summed E-state index contributed by atoms with van der Waals surface area (Å²) in [6, 6.07) is 9.20. The normalized spacial score (nSPS) is 10.8. The Balaban J connectivity index is 2.20. The number of benzene rings is 2. The van der Waals surface area contributed by atoms with Crippen LogP contribution in [-0.2, 0) is 0 Å². The van der Waals surface area contributed by atoms with E-state index in [0.717, 1.165) is 5.56 Å².